The summed E-state index contributed by atoms with van der Waals surface area (Å²) in [5, 5.41) is 14.6. The molecule has 7 heteroatoms. The van der Waals surface area contributed by atoms with E-state index in [1.54, 1.807) is 24.3 Å². The Morgan fingerprint density at radius 3 is 2.50 bits per heavy atom. The van der Waals surface area contributed by atoms with E-state index in [0.717, 1.165) is 11.4 Å². The average molecular weight is 325 g/mol. The first-order valence-corrected chi connectivity index (χ1v) is 7.74. The van der Waals surface area contributed by atoms with Crippen LogP contribution in [0, 0.1) is 13.8 Å². The lowest BCUT2D eigenvalue weighted by atomic mass is 10.1. The highest BCUT2D eigenvalue weighted by molar-refractivity contribution is 6.11. The molecule has 1 amide bonds. The van der Waals surface area contributed by atoms with Crippen LogP contribution in [0.25, 0.3) is 10.8 Å². The molecular weight excluding hydrogens is 306 g/mol. The summed E-state index contributed by atoms with van der Waals surface area (Å²) in [5.41, 5.74) is 2.15. The van der Waals surface area contributed by atoms with Gasteiger partial charge in [0, 0.05) is 11.4 Å². The molecule has 1 aromatic carbocycles. The van der Waals surface area contributed by atoms with Crippen LogP contribution < -0.4 is 10.9 Å². The summed E-state index contributed by atoms with van der Waals surface area (Å²) in [6.07, 6.45) is 0. The van der Waals surface area contributed by atoms with Crippen LogP contribution in [-0.4, -0.2) is 25.9 Å². The maximum atomic E-state index is 12.7. The Labute approximate surface area is 138 Å². The quantitative estimate of drug-likeness (QED) is 0.774. The van der Waals surface area contributed by atoms with Gasteiger partial charge in [-0.3, -0.25) is 14.3 Å². The Hall–Kier alpha value is -2.96. The fourth-order valence-corrected chi connectivity index (χ4v) is 2.81. The van der Waals surface area contributed by atoms with Gasteiger partial charge in [0.1, 0.15) is 0 Å². The fraction of sp³-hybridized carbons (Fsp3) is 0.294. The number of hydrogen-bond acceptors (Lipinski definition) is 4. The standard InChI is InChI=1S/C17H19N5O2/c1-9(2)22-11(4)14(10(3)21-22)18-17(24)15-12-7-5-6-8-13(12)16(23)20-19-15/h5-9H,1-4H3,(H,18,24)(H,20,23). The maximum Gasteiger partial charge on any atom is 0.276 e. The van der Waals surface area contributed by atoms with Crippen LogP contribution in [0.15, 0.2) is 29.1 Å². The second-order valence-corrected chi connectivity index (χ2v) is 5.99. The molecule has 0 aliphatic rings. The number of rotatable bonds is 3. The molecule has 124 valence electrons. The molecule has 0 saturated carbocycles. The predicted molar refractivity (Wildman–Crippen MR) is 92.4 cm³/mol. The highest BCUT2D eigenvalue weighted by Gasteiger charge is 2.19. The molecule has 7 nitrogen and oxygen atoms in total. The first-order chi connectivity index (χ1) is 11.4. The van der Waals surface area contributed by atoms with Gasteiger partial charge in [0.15, 0.2) is 5.69 Å². The van der Waals surface area contributed by atoms with E-state index in [1.165, 1.54) is 0 Å². The van der Waals surface area contributed by atoms with Crippen molar-refractivity contribution in [1.82, 2.24) is 20.0 Å². The van der Waals surface area contributed by atoms with Crippen LogP contribution in [0.1, 0.15) is 41.8 Å². The van der Waals surface area contributed by atoms with Gasteiger partial charge in [-0.2, -0.15) is 10.2 Å². The van der Waals surface area contributed by atoms with Gasteiger partial charge in [-0.1, -0.05) is 18.2 Å². The number of H-pyrrole nitrogens is 1. The molecule has 3 aromatic rings. The largest absolute Gasteiger partial charge is 0.317 e. The number of aromatic nitrogens is 4. The van der Waals surface area contributed by atoms with Crippen molar-refractivity contribution in [2.75, 3.05) is 5.32 Å². The summed E-state index contributed by atoms with van der Waals surface area (Å²) in [5.74, 6) is -0.378. The minimum atomic E-state index is -0.378. The zero-order valence-corrected chi connectivity index (χ0v) is 14.0. The number of fused-ring (bicyclic) bond motifs is 1. The predicted octanol–water partition coefficient (Wildman–Crippen LogP) is 2.57. The van der Waals surface area contributed by atoms with Gasteiger partial charge in [0.05, 0.1) is 22.5 Å². The number of carbonyl (C=O) groups excluding carboxylic acids is 1. The van der Waals surface area contributed by atoms with E-state index in [2.05, 4.69) is 20.6 Å². The molecule has 3 rings (SSSR count). The molecule has 0 saturated heterocycles. The third kappa shape index (κ3) is 2.58. The summed E-state index contributed by atoms with van der Waals surface area (Å²) >= 11 is 0. The second-order valence-electron chi connectivity index (χ2n) is 5.99. The van der Waals surface area contributed by atoms with Crippen molar-refractivity contribution in [3.05, 3.63) is 51.7 Å². The maximum absolute atomic E-state index is 12.7. The van der Waals surface area contributed by atoms with Crippen LogP contribution >= 0.6 is 0 Å². The highest BCUT2D eigenvalue weighted by atomic mass is 16.2. The first kappa shape index (κ1) is 15.9. The van der Waals surface area contributed by atoms with Crippen molar-refractivity contribution < 1.29 is 4.79 Å². The number of nitrogens with zero attached hydrogens (tertiary/aromatic N) is 3. The van der Waals surface area contributed by atoms with Gasteiger partial charge in [0.25, 0.3) is 11.5 Å². The van der Waals surface area contributed by atoms with Crippen LogP contribution in [0.3, 0.4) is 0 Å². The SMILES string of the molecule is Cc1nn(C(C)C)c(C)c1NC(=O)c1n[nH]c(=O)c2ccccc12. The lowest BCUT2D eigenvalue weighted by Crippen LogP contribution is -2.20. The van der Waals surface area contributed by atoms with Crippen molar-refractivity contribution in [1.29, 1.82) is 0 Å². The summed E-state index contributed by atoms with van der Waals surface area (Å²) in [4.78, 5) is 24.5. The smallest absolute Gasteiger partial charge is 0.276 e. The molecule has 0 aliphatic heterocycles. The topological polar surface area (TPSA) is 92.7 Å². The molecule has 0 fully saturated rings. The van der Waals surface area contributed by atoms with E-state index in [1.807, 2.05) is 32.4 Å². The lowest BCUT2D eigenvalue weighted by Gasteiger charge is -2.10. The van der Waals surface area contributed by atoms with E-state index in [0.29, 0.717) is 16.5 Å². The zero-order chi connectivity index (χ0) is 17.4. The Morgan fingerprint density at radius 2 is 1.88 bits per heavy atom. The summed E-state index contributed by atoms with van der Waals surface area (Å²) in [6.45, 7) is 7.82. The van der Waals surface area contributed by atoms with Crippen LogP contribution in [0.5, 0.6) is 0 Å². The van der Waals surface area contributed by atoms with E-state index < -0.39 is 0 Å². The Morgan fingerprint density at radius 1 is 1.21 bits per heavy atom. The minimum Gasteiger partial charge on any atom is -0.317 e. The zero-order valence-electron chi connectivity index (χ0n) is 14.0. The van der Waals surface area contributed by atoms with Crippen molar-refractivity contribution in [2.45, 2.75) is 33.7 Å². The number of anilines is 1. The van der Waals surface area contributed by atoms with E-state index >= 15 is 0 Å². The Balaban J connectivity index is 2.03. The summed E-state index contributed by atoms with van der Waals surface area (Å²) in [7, 11) is 0. The number of benzene rings is 1. The molecule has 0 unspecified atom stereocenters. The number of hydrogen-bond donors (Lipinski definition) is 2. The van der Waals surface area contributed by atoms with E-state index in [4.69, 9.17) is 0 Å². The number of aromatic amines is 1. The average Bonchev–Trinajstić information content (AvgIpc) is 2.83. The monoisotopic (exact) mass is 325 g/mol. The molecule has 2 aromatic heterocycles. The van der Waals surface area contributed by atoms with Gasteiger partial charge in [-0.05, 0) is 33.8 Å². The van der Waals surface area contributed by atoms with Crippen LogP contribution in [0.4, 0.5) is 5.69 Å². The van der Waals surface area contributed by atoms with Crippen molar-refractivity contribution in [3.8, 4) is 0 Å². The molecule has 0 spiro atoms. The number of nitrogens with one attached hydrogen (secondary N) is 2. The van der Waals surface area contributed by atoms with Crippen molar-refractivity contribution >= 4 is 22.4 Å². The van der Waals surface area contributed by atoms with Crippen molar-refractivity contribution in [2.24, 2.45) is 0 Å². The van der Waals surface area contributed by atoms with Gasteiger partial charge < -0.3 is 5.32 Å². The highest BCUT2D eigenvalue weighted by Crippen LogP contribution is 2.23. The van der Waals surface area contributed by atoms with Gasteiger partial charge in [-0.15, -0.1) is 0 Å². The fourth-order valence-electron chi connectivity index (χ4n) is 2.81. The Bertz CT molecular complexity index is 984. The molecule has 2 N–H and O–H groups in total. The van der Waals surface area contributed by atoms with Gasteiger partial charge in [0.2, 0.25) is 0 Å². The van der Waals surface area contributed by atoms with E-state index in [9.17, 15) is 9.59 Å². The second kappa shape index (κ2) is 5.92. The number of aryl methyl sites for hydroxylation is 1. The minimum absolute atomic E-state index is 0.182. The molecule has 0 atom stereocenters. The first-order valence-electron chi connectivity index (χ1n) is 7.74. The van der Waals surface area contributed by atoms with Gasteiger partial charge in [-0.25, -0.2) is 5.10 Å². The Kier molecular flexibility index (Phi) is 3.92. The van der Waals surface area contributed by atoms with Crippen LogP contribution in [0.2, 0.25) is 0 Å². The van der Waals surface area contributed by atoms with Crippen LogP contribution in [-0.2, 0) is 0 Å². The summed E-state index contributed by atoms with van der Waals surface area (Å²) in [6, 6.07) is 7.10. The normalized spacial score (nSPS) is 11.2. The molecular formula is C17H19N5O2. The third-order valence-corrected chi connectivity index (χ3v) is 3.96. The number of amides is 1. The molecule has 0 bridgehead atoms. The molecule has 0 radical (unpaired) electrons. The van der Waals surface area contributed by atoms with Crippen molar-refractivity contribution in [3.63, 3.8) is 0 Å². The summed E-state index contributed by atoms with van der Waals surface area (Å²) < 4.78 is 1.86. The number of carbonyl (C=O) groups is 1. The lowest BCUT2D eigenvalue weighted by molar-refractivity contribution is 0.102. The third-order valence-electron chi connectivity index (χ3n) is 3.96. The van der Waals surface area contributed by atoms with Gasteiger partial charge >= 0.3 is 0 Å². The van der Waals surface area contributed by atoms with E-state index in [-0.39, 0.29) is 23.2 Å². The molecule has 2 heterocycles. The molecule has 0 aliphatic carbocycles. The molecule has 24 heavy (non-hydrogen) atoms.